The number of aliphatic imine (C=N–C) groups is 1. The van der Waals surface area contributed by atoms with Crippen molar-refractivity contribution >= 4 is 56.5 Å². The Morgan fingerprint density at radius 3 is 2.58 bits per heavy atom. The zero-order chi connectivity index (χ0) is 23.4. The average Bonchev–Trinajstić information content (AvgIpc) is 3.15. The molecule has 7 heteroatoms. The maximum atomic E-state index is 12.4. The molecule has 0 bridgehead atoms. The van der Waals surface area contributed by atoms with E-state index >= 15 is 0 Å². The van der Waals surface area contributed by atoms with E-state index in [-0.39, 0.29) is 5.70 Å². The molecule has 33 heavy (non-hydrogen) atoms. The van der Waals surface area contributed by atoms with Crippen LogP contribution >= 0.6 is 38.5 Å². The number of hydrogen-bond acceptors (Lipinski definition) is 5. The standard InChI is InChI=1S/C26H21BrINO4/c1-3-31-23-14-17(12-21(28)24(23)32-15-19-6-4-5-7-20(19)27)13-22-26(30)33-25(29-22)18-10-8-16(2)9-11-18/h4-14H,3,15H2,1-2H3/b22-13-. The molecule has 1 heterocycles. The molecule has 3 aromatic rings. The fourth-order valence-corrected chi connectivity index (χ4v) is 4.41. The zero-order valence-corrected chi connectivity index (χ0v) is 21.8. The topological polar surface area (TPSA) is 57.1 Å². The number of carbonyl (C=O) groups is 1. The summed E-state index contributed by atoms with van der Waals surface area (Å²) in [5.41, 5.74) is 3.94. The Labute approximate surface area is 214 Å². The van der Waals surface area contributed by atoms with Crippen molar-refractivity contribution in [3.63, 3.8) is 0 Å². The molecule has 4 rings (SSSR count). The first kappa shape index (κ1) is 23.5. The minimum atomic E-state index is -0.479. The van der Waals surface area contributed by atoms with Crippen LogP contribution in [0, 0.1) is 10.5 Å². The van der Waals surface area contributed by atoms with E-state index in [1.54, 1.807) is 6.08 Å². The summed E-state index contributed by atoms with van der Waals surface area (Å²) in [6.45, 7) is 4.80. The van der Waals surface area contributed by atoms with Gasteiger partial charge in [0, 0.05) is 15.6 Å². The van der Waals surface area contributed by atoms with Gasteiger partial charge in [-0.2, -0.15) is 0 Å². The van der Waals surface area contributed by atoms with Gasteiger partial charge in [-0.15, -0.1) is 0 Å². The van der Waals surface area contributed by atoms with Gasteiger partial charge in [-0.05, 0) is 78.4 Å². The molecule has 3 aromatic carbocycles. The van der Waals surface area contributed by atoms with E-state index in [9.17, 15) is 4.79 Å². The number of nitrogens with zero attached hydrogens (tertiary/aromatic N) is 1. The lowest BCUT2D eigenvalue weighted by Gasteiger charge is -2.15. The number of cyclic esters (lactones) is 1. The predicted molar refractivity (Wildman–Crippen MR) is 141 cm³/mol. The average molecular weight is 618 g/mol. The van der Waals surface area contributed by atoms with Gasteiger partial charge in [0.25, 0.3) is 0 Å². The second-order valence-corrected chi connectivity index (χ2v) is 9.36. The van der Waals surface area contributed by atoms with Gasteiger partial charge >= 0.3 is 5.97 Å². The molecule has 5 nitrogen and oxygen atoms in total. The summed E-state index contributed by atoms with van der Waals surface area (Å²) in [6, 6.07) is 19.4. The maximum Gasteiger partial charge on any atom is 0.363 e. The van der Waals surface area contributed by atoms with Gasteiger partial charge < -0.3 is 14.2 Å². The van der Waals surface area contributed by atoms with E-state index in [0.29, 0.717) is 30.6 Å². The summed E-state index contributed by atoms with van der Waals surface area (Å²) in [5, 5.41) is 0. The first-order valence-corrected chi connectivity index (χ1v) is 12.2. The number of hydrogen-bond donors (Lipinski definition) is 0. The van der Waals surface area contributed by atoms with E-state index in [2.05, 4.69) is 43.5 Å². The molecule has 0 saturated carbocycles. The Hall–Kier alpha value is -2.65. The van der Waals surface area contributed by atoms with Gasteiger partial charge in [-0.3, -0.25) is 0 Å². The first-order valence-electron chi connectivity index (χ1n) is 10.4. The molecule has 1 aliphatic rings. The van der Waals surface area contributed by atoms with Gasteiger partial charge in [-0.1, -0.05) is 51.8 Å². The zero-order valence-electron chi connectivity index (χ0n) is 18.1. The Bertz CT molecular complexity index is 1250. The lowest BCUT2D eigenvalue weighted by molar-refractivity contribution is -0.129. The lowest BCUT2D eigenvalue weighted by Crippen LogP contribution is -2.05. The third-order valence-electron chi connectivity index (χ3n) is 4.88. The number of ether oxygens (including phenoxy) is 3. The van der Waals surface area contributed by atoms with Crippen LogP contribution in [-0.2, 0) is 16.1 Å². The minimum Gasteiger partial charge on any atom is -0.490 e. The van der Waals surface area contributed by atoms with Crippen LogP contribution < -0.4 is 9.47 Å². The van der Waals surface area contributed by atoms with E-state index in [1.165, 1.54) is 0 Å². The van der Waals surface area contributed by atoms with Crippen LogP contribution in [0.25, 0.3) is 6.08 Å². The number of aryl methyl sites for hydroxylation is 1. The molecule has 0 saturated heterocycles. The van der Waals surface area contributed by atoms with Gasteiger partial charge in [0.15, 0.2) is 17.2 Å². The van der Waals surface area contributed by atoms with Crippen molar-refractivity contribution in [3.05, 3.63) is 96.7 Å². The fraction of sp³-hybridized carbons (Fsp3) is 0.154. The highest BCUT2D eigenvalue weighted by atomic mass is 127. The van der Waals surface area contributed by atoms with Crippen molar-refractivity contribution in [2.45, 2.75) is 20.5 Å². The molecular weight excluding hydrogens is 597 g/mol. The molecule has 0 fully saturated rings. The van der Waals surface area contributed by atoms with E-state index in [0.717, 1.165) is 30.3 Å². The highest BCUT2D eigenvalue weighted by molar-refractivity contribution is 14.1. The molecule has 0 amide bonds. The lowest BCUT2D eigenvalue weighted by atomic mass is 10.1. The normalized spacial score (nSPS) is 14.2. The van der Waals surface area contributed by atoms with Crippen LogP contribution in [0.5, 0.6) is 11.5 Å². The summed E-state index contributed by atoms with van der Waals surface area (Å²) in [4.78, 5) is 16.8. The summed E-state index contributed by atoms with van der Waals surface area (Å²) in [5.74, 6) is 1.10. The first-order chi connectivity index (χ1) is 15.9. The highest BCUT2D eigenvalue weighted by Crippen LogP contribution is 2.36. The third kappa shape index (κ3) is 5.65. The quantitative estimate of drug-likeness (QED) is 0.169. The highest BCUT2D eigenvalue weighted by Gasteiger charge is 2.24. The van der Waals surface area contributed by atoms with E-state index < -0.39 is 5.97 Å². The van der Waals surface area contributed by atoms with Crippen molar-refractivity contribution in [2.24, 2.45) is 4.99 Å². The third-order valence-corrected chi connectivity index (χ3v) is 6.46. The summed E-state index contributed by atoms with van der Waals surface area (Å²) >= 11 is 5.76. The number of benzene rings is 3. The number of esters is 1. The van der Waals surface area contributed by atoms with Crippen LogP contribution in [-0.4, -0.2) is 18.5 Å². The molecule has 0 radical (unpaired) electrons. The Kier molecular flexibility index (Phi) is 7.49. The van der Waals surface area contributed by atoms with Crippen molar-refractivity contribution in [2.75, 3.05) is 6.61 Å². The molecule has 0 aliphatic carbocycles. The molecular formula is C26H21BrINO4. The van der Waals surface area contributed by atoms with Crippen molar-refractivity contribution < 1.29 is 19.0 Å². The SMILES string of the molecule is CCOc1cc(/C=C2\N=C(c3ccc(C)cc3)OC2=O)cc(I)c1OCc1ccccc1Br. The molecule has 0 atom stereocenters. The van der Waals surface area contributed by atoms with E-state index in [1.807, 2.05) is 74.5 Å². The van der Waals surface area contributed by atoms with Crippen molar-refractivity contribution in [1.29, 1.82) is 0 Å². The second kappa shape index (κ2) is 10.5. The number of halogens is 2. The largest absolute Gasteiger partial charge is 0.490 e. The molecule has 0 spiro atoms. The summed E-state index contributed by atoms with van der Waals surface area (Å²) in [7, 11) is 0. The summed E-state index contributed by atoms with van der Waals surface area (Å²) in [6.07, 6.45) is 1.70. The smallest absolute Gasteiger partial charge is 0.363 e. The molecule has 0 N–H and O–H groups in total. The minimum absolute atomic E-state index is 0.241. The molecule has 0 aromatic heterocycles. The van der Waals surface area contributed by atoms with Crippen LogP contribution in [0.15, 0.2) is 75.8 Å². The molecule has 1 aliphatic heterocycles. The van der Waals surface area contributed by atoms with Crippen molar-refractivity contribution in [3.8, 4) is 11.5 Å². The molecule has 168 valence electrons. The van der Waals surface area contributed by atoms with Gasteiger partial charge in [0.05, 0.1) is 10.2 Å². The van der Waals surface area contributed by atoms with Gasteiger partial charge in [0.2, 0.25) is 5.90 Å². The van der Waals surface area contributed by atoms with Crippen molar-refractivity contribution in [1.82, 2.24) is 0 Å². The van der Waals surface area contributed by atoms with E-state index in [4.69, 9.17) is 14.2 Å². The maximum absolute atomic E-state index is 12.4. The van der Waals surface area contributed by atoms with Gasteiger partial charge in [0.1, 0.15) is 6.61 Å². The Morgan fingerprint density at radius 2 is 1.85 bits per heavy atom. The van der Waals surface area contributed by atoms with Crippen LogP contribution in [0.1, 0.15) is 29.2 Å². The van der Waals surface area contributed by atoms with Gasteiger partial charge in [-0.25, -0.2) is 9.79 Å². The second-order valence-electron chi connectivity index (χ2n) is 7.35. The molecule has 0 unspecified atom stereocenters. The Balaban J connectivity index is 1.61. The monoisotopic (exact) mass is 617 g/mol. The van der Waals surface area contributed by atoms with Crippen LogP contribution in [0.4, 0.5) is 0 Å². The van der Waals surface area contributed by atoms with Crippen LogP contribution in [0.2, 0.25) is 0 Å². The predicted octanol–water partition coefficient (Wildman–Crippen LogP) is 6.68. The summed E-state index contributed by atoms with van der Waals surface area (Å²) < 4.78 is 19.2. The van der Waals surface area contributed by atoms with Crippen LogP contribution in [0.3, 0.4) is 0 Å². The Morgan fingerprint density at radius 1 is 1.09 bits per heavy atom. The number of carbonyl (C=O) groups excluding carboxylic acids is 1. The fourth-order valence-electron chi connectivity index (χ4n) is 3.23. The number of rotatable bonds is 7.